The summed E-state index contributed by atoms with van der Waals surface area (Å²) in [5.41, 5.74) is 1.02. The molecule has 0 aliphatic carbocycles. The summed E-state index contributed by atoms with van der Waals surface area (Å²) in [6, 6.07) is 0.201. The Morgan fingerprint density at radius 2 is 2.33 bits per heavy atom. The number of rotatable bonds is 10. The van der Waals surface area contributed by atoms with Gasteiger partial charge >= 0.3 is 0 Å². The molecule has 7 heteroatoms. The highest BCUT2D eigenvalue weighted by molar-refractivity contribution is 7.15. The average molecular weight is 317 g/mol. The summed E-state index contributed by atoms with van der Waals surface area (Å²) in [6.07, 6.45) is 4.13. The Morgan fingerprint density at radius 3 is 3.05 bits per heavy atom. The number of halogens is 2. The minimum Gasteiger partial charge on any atom is -0.375 e. The van der Waals surface area contributed by atoms with Crippen molar-refractivity contribution in [1.29, 1.82) is 0 Å². The summed E-state index contributed by atoms with van der Waals surface area (Å²) < 4.78 is 31.1. The molecule has 0 bridgehead atoms. The van der Waals surface area contributed by atoms with E-state index in [0.717, 1.165) is 30.0 Å². The lowest BCUT2D eigenvalue weighted by molar-refractivity contribution is 0.0144. The van der Waals surface area contributed by atoms with Crippen LogP contribution in [0.15, 0.2) is 17.8 Å². The molecule has 0 aliphatic heterocycles. The number of nitrogens with one attached hydrogen (secondary N) is 1. The van der Waals surface area contributed by atoms with Crippen LogP contribution < -0.4 is 5.32 Å². The monoisotopic (exact) mass is 317 g/mol. The molecular weight excluding hydrogens is 296 g/mol. The molecule has 2 aromatic heterocycles. The zero-order valence-corrected chi connectivity index (χ0v) is 12.9. The van der Waals surface area contributed by atoms with Gasteiger partial charge in [-0.15, -0.1) is 11.3 Å². The van der Waals surface area contributed by atoms with Crippen molar-refractivity contribution in [3.05, 3.63) is 23.5 Å². The van der Waals surface area contributed by atoms with Gasteiger partial charge in [0.25, 0.3) is 6.43 Å². The molecule has 0 amide bonds. The van der Waals surface area contributed by atoms with Crippen molar-refractivity contribution in [2.24, 2.45) is 0 Å². The van der Waals surface area contributed by atoms with Gasteiger partial charge < -0.3 is 10.1 Å². The average Bonchev–Trinajstić information content (AvgIpc) is 3.01. The first-order valence-corrected chi connectivity index (χ1v) is 8.07. The molecule has 1 N–H and O–H groups in total. The molecule has 0 aliphatic rings. The number of ether oxygens (including phenoxy) is 1. The third kappa shape index (κ3) is 5.33. The van der Waals surface area contributed by atoms with Crippen molar-refractivity contribution in [3.8, 4) is 0 Å². The van der Waals surface area contributed by atoms with E-state index in [1.807, 2.05) is 22.2 Å². The molecule has 4 nitrogen and oxygen atoms in total. The maximum absolute atomic E-state index is 12.0. The van der Waals surface area contributed by atoms with Gasteiger partial charge in [-0.2, -0.15) is 0 Å². The van der Waals surface area contributed by atoms with E-state index in [1.165, 1.54) is 0 Å². The van der Waals surface area contributed by atoms with Gasteiger partial charge in [0.05, 0.1) is 5.69 Å². The summed E-state index contributed by atoms with van der Waals surface area (Å²) in [5.74, 6) is 0. The normalized spacial score (nSPS) is 13.3. The topological polar surface area (TPSA) is 38.6 Å². The number of aromatic nitrogens is 2. The quantitative estimate of drug-likeness (QED) is 0.685. The first-order chi connectivity index (χ1) is 10.2. The van der Waals surface area contributed by atoms with E-state index >= 15 is 0 Å². The van der Waals surface area contributed by atoms with Crippen LogP contribution in [-0.4, -0.2) is 41.6 Å². The van der Waals surface area contributed by atoms with Crippen LogP contribution >= 0.6 is 11.3 Å². The Bertz CT molecular complexity index is 500. The molecule has 2 heterocycles. The Labute approximate surface area is 127 Å². The Hall–Kier alpha value is -1.05. The van der Waals surface area contributed by atoms with Gasteiger partial charge in [-0.3, -0.25) is 4.40 Å². The van der Waals surface area contributed by atoms with Crippen molar-refractivity contribution in [1.82, 2.24) is 14.7 Å². The van der Waals surface area contributed by atoms with Gasteiger partial charge in [-0.25, -0.2) is 13.8 Å². The molecule has 0 aromatic carbocycles. The van der Waals surface area contributed by atoms with Crippen molar-refractivity contribution < 1.29 is 13.5 Å². The minimum atomic E-state index is -2.40. The molecular formula is C14H21F2N3OS. The van der Waals surface area contributed by atoms with Crippen LogP contribution in [0.1, 0.15) is 25.5 Å². The number of imidazole rings is 1. The van der Waals surface area contributed by atoms with Gasteiger partial charge in [-0.05, 0) is 19.4 Å². The van der Waals surface area contributed by atoms with E-state index in [4.69, 9.17) is 4.74 Å². The van der Waals surface area contributed by atoms with Gasteiger partial charge in [0, 0.05) is 36.8 Å². The highest BCUT2D eigenvalue weighted by Crippen LogP contribution is 2.13. The predicted octanol–water partition coefficient (Wildman–Crippen LogP) is 2.98. The number of hydrogen-bond acceptors (Lipinski definition) is 4. The van der Waals surface area contributed by atoms with Gasteiger partial charge in [0.2, 0.25) is 0 Å². The largest absolute Gasteiger partial charge is 0.375 e. The van der Waals surface area contributed by atoms with E-state index in [9.17, 15) is 8.78 Å². The third-order valence-electron chi connectivity index (χ3n) is 3.14. The summed E-state index contributed by atoms with van der Waals surface area (Å²) in [7, 11) is 0. The molecule has 1 unspecified atom stereocenters. The van der Waals surface area contributed by atoms with Gasteiger partial charge in [0.15, 0.2) is 4.96 Å². The minimum absolute atomic E-state index is 0.201. The number of alkyl halides is 2. The Kier molecular flexibility index (Phi) is 6.53. The molecule has 0 fully saturated rings. The molecule has 0 saturated carbocycles. The van der Waals surface area contributed by atoms with E-state index in [-0.39, 0.29) is 6.04 Å². The summed E-state index contributed by atoms with van der Waals surface area (Å²) >= 11 is 1.60. The number of hydrogen-bond donors (Lipinski definition) is 1. The maximum atomic E-state index is 12.0. The third-order valence-corrected chi connectivity index (χ3v) is 3.91. The molecule has 2 rings (SSSR count). The summed E-state index contributed by atoms with van der Waals surface area (Å²) in [5, 5.41) is 5.43. The molecule has 21 heavy (non-hydrogen) atoms. The zero-order chi connectivity index (χ0) is 15.1. The lowest BCUT2D eigenvalue weighted by Crippen LogP contribution is -2.33. The zero-order valence-electron chi connectivity index (χ0n) is 12.1. The van der Waals surface area contributed by atoms with Crippen LogP contribution in [0.3, 0.4) is 0 Å². The fraction of sp³-hybridized carbons (Fsp3) is 0.643. The molecule has 0 saturated heterocycles. The fourth-order valence-corrected chi connectivity index (χ4v) is 2.87. The van der Waals surface area contributed by atoms with Crippen LogP contribution in [0.5, 0.6) is 0 Å². The second-order valence-corrected chi connectivity index (χ2v) is 5.81. The smallest absolute Gasteiger partial charge is 0.261 e. The van der Waals surface area contributed by atoms with E-state index in [1.54, 1.807) is 11.3 Å². The highest BCUT2D eigenvalue weighted by atomic mass is 32.1. The second-order valence-electron chi connectivity index (χ2n) is 4.93. The highest BCUT2D eigenvalue weighted by Gasteiger charge is 2.12. The van der Waals surface area contributed by atoms with Crippen LogP contribution in [0.4, 0.5) is 8.78 Å². The van der Waals surface area contributed by atoms with E-state index < -0.39 is 13.0 Å². The molecule has 0 spiro atoms. The lowest BCUT2D eigenvalue weighted by atomic mass is 10.1. The lowest BCUT2D eigenvalue weighted by Gasteiger charge is -2.17. The molecule has 118 valence electrons. The van der Waals surface area contributed by atoms with Gasteiger partial charge in [0.1, 0.15) is 6.61 Å². The van der Waals surface area contributed by atoms with Crippen LogP contribution in [0, 0.1) is 0 Å². The van der Waals surface area contributed by atoms with Crippen LogP contribution in [0.25, 0.3) is 4.96 Å². The maximum Gasteiger partial charge on any atom is 0.261 e. The summed E-state index contributed by atoms with van der Waals surface area (Å²) in [4.78, 5) is 5.54. The van der Waals surface area contributed by atoms with Crippen molar-refractivity contribution in [3.63, 3.8) is 0 Å². The van der Waals surface area contributed by atoms with Gasteiger partial charge in [-0.1, -0.05) is 6.92 Å². The first kappa shape index (κ1) is 16.3. The SMILES string of the molecule is CCCNC(CCOCC(F)F)Cc1cn2ccsc2n1. The number of thiazole rings is 1. The van der Waals surface area contributed by atoms with E-state index in [2.05, 4.69) is 17.2 Å². The van der Waals surface area contributed by atoms with E-state index in [0.29, 0.717) is 13.0 Å². The van der Waals surface area contributed by atoms with Crippen molar-refractivity contribution in [2.45, 2.75) is 38.7 Å². The molecule has 1 atom stereocenters. The number of nitrogens with zero attached hydrogens (tertiary/aromatic N) is 2. The van der Waals surface area contributed by atoms with Crippen molar-refractivity contribution >= 4 is 16.3 Å². The Morgan fingerprint density at radius 1 is 1.48 bits per heavy atom. The van der Waals surface area contributed by atoms with Crippen LogP contribution in [0.2, 0.25) is 0 Å². The fourth-order valence-electron chi connectivity index (χ4n) is 2.15. The molecule has 2 aromatic rings. The summed E-state index contributed by atoms with van der Waals surface area (Å²) in [6.45, 7) is 2.86. The predicted molar refractivity (Wildman–Crippen MR) is 80.3 cm³/mol. The van der Waals surface area contributed by atoms with Crippen LogP contribution in [-0.2, 0) is 11.2 Å². The standard InChI is InChI=1S/C14H21F2N3OS/c1-2-4-17-11(3-6-20-10-13(15)16)8-12-9-19-5-7-21-14(19)18-12/h5,7,9,11,13,17H,2-4,6,8,10H2,1H3. The second kappa shape index (κ2) is 8.41. The number of fused-ring (bicyclic) bond motifs is 1. The Balaban J connectivity index is 1.84. The molecule has 0 radical (unpaired) electrons. The first-order valence-electron chi connectivity index (χ1n) is 7.19. The van der Waals surface area contributed by atoms with Crippen molar-refractivity contribution in [2.75, 3.05) is 19.8 Å².